The summed E-state index contributed by atoms with van der Waals surface area (Å²) < 4.78 is 0. The molecule has 7 nitrogen and oxygen atoms in total. The van der Waals surface area contributed by atoms with Crippen molar-refractivity contribution in [3.63, 3.8) is 0 Å². The Morgan fingerprint density at radius 3 is 2.92 bits per heavy atom. The van der Waals surface area contributed by atoms with Crippen LogP contribution in [-0.2, 0) is 11.3 Å². The second kappa shape index (κ2) is 7.29. The number of amides is 1. The lowest BCUT2D eigenvalue weighted by Gasteiger charge is -2.40. The molecule has 1 atom stereocenters. The van der Waals surface area contributed by atoms with Gasteiger partial charge in [-0.15, -0.1) is 0 Å². The van der Waals surface area contributed by atoms with Crippen LogP contribution >= 0.6 is 0 Å². The molecule has 25 heavy (non-hydrogen) atoms. The molecule has 2 fully saturated rings. The molecule has 3 heterocycles. The molecule has 1 aromatic rings. The molecule has 1 amide bonds. The fourth-order valence-electron chi connectivity index (χ4n) is 3.73. The molecule has 0 saturated carbocycles. The number of carbonyl (C=O) groups excluding carboxylic acids is 1. The Balaban J connectivity index is 1.60. The lowest BCUT2D eigenvalue weighted by Crippen LogP contribution is -2.51. The van der Waals surface area contributed by atoms with Crippen molar-refractivity contribution in [1.82, 2.24) is 20.5 Å². The summed E-state index contributed by atoms with van der Waals surface area (Å²) >= 11 is 0. The second-order valence-corrected chi connectivity index (χ2v) is 7.30. The third kappa shape index (κ3) is 4.03. The van der Waals surface area contributed by atoms with E-state index in [2.05, 4.69) is 31.6 Å². The van der Waals surface area contributed by atoms with Gasteiger partial charge >= 0.3 is 0 Å². The Morgan fingerprint density at radius 2 is 2.32 bits per heavy atom. The Morgan fingerprint density at radius 1 is 1.48 bits per heavy atom. The van der Waals surface area contributed by atoms with Crippen molar-refractivity contribution in [2.75, 3.05) is 45.7 Å². The zero-order chi connectivity index (χ0) is 17.9. The van der Waals surface area contributed by atoms with Crippen LogP contribution in [0.1, 0.15) is 24.8 Å². The number of nitrogens with zero attached hydrogens (tertiary/aromatic N) is 4. The molecule has 0 aromatic carbocycles. The van der Waals surface area contributed by atoms with Gasteiger partial charge in [-0.25, -0.2) is 4.98 Å². The average Bonchev–Trinajstić information content (AvgIpc) is 2.96. The number of piperidine rings is 1. The van der Waals surface area contributed by atoms with Crippen LogP contribution in [0.15, 0.2) is 23.3 Å². The highest BCUT2D eigenvalue weighted by molar-refractivity contribution is 5.81. The van der Waals surface area contributed by atoms with Gasteiger partial charge in [0.25, 0.3) is 0 Å². The first-order chi connectivity index (χ1) is 12.0. The van der Waals surface area contributed by atoms with Gasteiger partial charge in [0.2, 0.25) is 5.91 Å². The molecule has 0 bridgehead atoms. The number of hydrogen-bond donors (Lipinski definition) is 2. The van der Waals surface area contributed by atoms with Crippen LogP contribution in [0.25, 0.3) is 0 Å². The third-order valence-electron chi connectivity index (χ3n) is 5.09. The number of aromatic nitrogens is 1. The standard InChI is InChI=1S/C18H28N6O/c1-19-17(21-11-14-5-6-15(20-10-14)23(2)3)24-8-4-7-18(13-24)9-16(25)22-12-18/h5-6,10H,4,7-9,11-13H2,1-3H3,(H,19,21)(H,22,25). The van der Waals surface area contributed by atoms with Gasteiger partial charge in [0.1, 0.15) is 5.82 Å². The van der Waals surface area contributed by atoms with Crippen molar-refractivity contribution in [1.29, 1.82) is 0 Å². The zero-order valence-corrected chi connectivity index (χ0v) is 15.4. The highest BCUT2D eigenvalue weighted by Crippen LogP contribution is 2.35. The van der Waals surface area contributed by atoms with Gasteiger partial charge in [0.15, 0.2) is 5.96 Å². The summed E-state index contributed by atoms with van der Waals surface area (Å²) in [6.07, 6.45) is 4.73. The van der Waals surface area contributed by atoms with Crippen LogP contribution in [-0.4, -0.2) is 62.5 Å². The zero-order valence-electron chi connectivity index (χ0n) is 15.4. The van der Waals surface area contributed by atoms with Crippen molar-refractivity contribution in [2.24, 2.45) is 10.4 Å². The van der Waals surface area contributed by atoms with Gasteiger partial charge in [-0.05, 0) is 24.5 Å². The number of likely N-dealkylation sites (tertiary alicyclic amines) is 1. The van der Waals surface area contributed by atoms with E-state index in [0.717, 1.165) is 49.8 Å². The third-order valence-corrected chi connectivity index (χ3v) is 5.09. The molecule has 7 heteroatoms. The van der Waals surface area contributed by atoms with Crippen molar-refractivity contribution in [3.05, 3.63) is 23.9 Å². The van der Waals surface area contributed by atoms with E-state index >= 15 is 0 Å². The predicted octanol–water partition coefficient (Wildman–Crippen LogP) is 0.825. The second-order valence-electron chi connectivity index (χ2n) is 7.30. The molecule has 1 aromatic heterocycles. The number of nitrogens with one attached hydrogen (secondary N) is 2. The van der Waals surface area contributed by atoms with Crippen LogP contribution in [0.2, 0.25) is 0 Å². The maximum absolute atomic E-state index is 11.7. The summed E-state index contributed by atoms with van der Waals surface area (Å²) in [6.45, 7) is 3.33. The molecular weight excluding hydrogens is 316 g/mol. The van der Waals surface area contributed by atoms with Crippen LogP contribution in [0.3, 0.4) is 0 Å². The predicted molar refractivity (Wildman–Crippen MR) is 99.6 cm³/mol. The number of anilines is 1. The first-order valence-electron chi connectivity index (χ1n) is 8.86. The number of aliphatic imine (C=N–C) groups is 1. The Hall–Kier alpha value is -2.31. The van der Waals surface area contributed by atoms with Gasteiger partial charge in [0, 0.05) is 65.4 Å². The van der Waals surface area contributed by atoms with Gasteiger partial charge < -0.3 is 20.4 Å². The van der Waals surface area contributed by atoms with E-state index in [4.69, 9.17) is 0 Å². The van der Waals surface area contributed by atoms with E-state index < -0.39 is 0 Å². The van der Waals surface area contributed by atoms with Crippen LogP contribution in [0.5, 0.6) is 0 Å². The average molecular weight is 344 g/mol. The summed E-state index contributed by atoms with van der Waals surface area (Å²) in [5.74, 6) is 2.02. The molecule has 2 aliphatic rings. The minimum Gasteiger partial charge on any atom is -0.363 e. The minimum absolute atomic E-state index is 0.0713. The molecule has 3 rings (SSSR count). The maximum Gasteiger partial charge on any atom is 0.220 e. The first-order valence-corrected chi connectivity index (χ1v) is 8.86. The van der Waals surface area contributed by atoms with E-state index in [1.54, 1.807) is 0 Å². The van der Waals surface area contributed by atoms with Crippen molar-refractivity contribution < 1.29 is 4.79 Å². The fourth-order valence-corrected chi connectivity index (χ4v) is 3.73. The van der Waals surface area contributed by atoms with E-state index in [-0.39, 0.29) is 11.3 Å². The van der Waals surface area contributed by atoms with Crippen LogP contribution in [0.4, 0.5) is 5.82 Å². The van der Waals surface area contributed by atoms with Crippen LogP contribution < -0.4 is 15.5 Å². The highest BCUT2D eigenvalue weighted by atomic mass is 16.1. The van der Waals surface area contributed by atoms with E-state index in [0.29, 0.717) is 13.0 Å². The highest BCUT2D eigenvalue weighted by Gasteiger charge is 2.42. The lowest BCUT2D eigenvalue weighted by molar-refractivity contribution is -0.119. The van der Waals surface area contributed by atoms with Gasteiger partial charge in [-0.3, -0.25) is 9.79 Å². The van der Waals surface area contributed by atoms with Crippen molar-refractivity contribution in [2.45, 2.75) is 25.8 Å². The van der Waals surface area contributed by atoms with Crippen molar-refractivity contribution >= 4 is 17.7 Å². The molecule has 0 radical (unpaired) electrons. The molecule has 1 unspecified atom stereocenters. The molecular formula is C18H28N6O. The quantitative estimate of drug-likeness (QED) is 0.628. The molecule has 2 N–H and O–H groups in total. The van der Waals surface area contributed by atoms with E-state index in [1.807, 2.05) is 38.3 Å². The van der Waals surface area contributed by atoms with E-state index in [9.17, 15) is 4.79 Å². The smallest absolute Gasteiger partial charge is 0.220 e. The molecule has 2 saturated heterocycles. The molecule has 0 aliphatic carbocycles. The first kappa shape index (κ1) is 17.5. The Labute approximate surface area is 149 Å². The van der Waals surface area contributed by atoms with Gasteiger partial charge in [-0.1, -0.05) is 6.07 Å². The van der Waals surface area contributed by atoms with Crippen molar-refractivity contribution in [3.8, 4) is 0 Å². The molecule has 2 aliphatic heterocycles. The lowest BCUT2D eigenvalue weighted by atomic mass is 9.79. The maximum atomic E-state index is 11.7. The minimum atomic E-state index is 0.0713. The summed E-state index contributed by atoms with van der Waals surface area (Å²) in [5.41, 5.74) is 1.19. The largest absolute Gasteiger partial charge is 0.363 e. The monoisotopic (exact) mass is 344 g/mol. The SMILES string of the molecule is CN=C(NCc1ccc(N(C)C)nc1)N1CCCC2(CNC(=O)C2)C1. The Kier molecular flexibility index (Phi) is 5.11. The topological polar surface area (TPSA) is 72.9 Å². The summed E-state index contributed by atoms with van der Waals surface area (Å²) in [6, 6.07) is 4.10. The van der Waals surface area contributed by atoms with Crippen LogP contribution in [0, 0.1) is 5.41 Å². The summed E-state index contributed by atoms with van der Waals surface area (Å²) in [7, 11) is 5.78. The number of guanidine groups is 1. The van der Waals surface area contributed by atoms with Gasteiger partial charge in [-0.2, -0.15) is 0 Å². The summed E-state index contributed by atoms with van der Waals surface area (Å²) in [4.78, 5) is 24.8. The number of carbonyl (C=O) groups is 1. The molecule has 1 spiro atoms. The van der Waals surface area contributed by atoms with E-state index in [1.165, 1.54) is 0 Å². The number of rotatable bonds is 3. The molecule has 136 valence electrons. The number of hydrogen-bond acceptors (Lipinski definition) is 4. The Bertz CT molecular complexity index is 641. The summed E-state index contributed by atoms with van der Waals surface area (Å²) in [5, 5.41) is 6.43. The number of pyridine rings is 1. The fraction of sp³-hybridized carbons (Fsp3) is 0.611. The normalized spacial score (nSPS) is 23.7. The van der Waals surface area contributed by atoms with Gasteiger partial charge in [0.05, 0.1) is 0 Å².